The predicted octanol–water partition coefficient (Wildman–Crippen LogP) is 2.56. The quantitative estimate of drug-likeness (QED) is 0.630. The molecule has 1 atom stereocenters. The van der Waals surface area contributed by atoms with Crippen LogP contribution < -0.4 is 0 Å². The van der Waals surface area contributed by atoms with Gasteiger partial charge in [-0.1, -0.05) is 20.8 Å². The van der Waals surface area contributed by atoms with Crippen LogP contribution in [0, 0.1) is 5.92 Å². The monoisotopic (exact) mass is 166 g/mol. The first kappa shape index (κ1) is 9.30. The highest BCUT2D eigenvalue weighted by Crippen LogP contribution is 2.22. The maximum absolute atomic E-state index is 4.01. The van der Waals surface area contributed by atoms with Gasteiger partial charge in [-0.3, -0.25) is 5.10 Å². The molecule has 1 N–H and O–H groups in total. The van der Waals surface area contributed by atoms with Crippen LogP contribution in [0.5, 0.6) is 0 Å². The molecule has 1 aromatic rings. The number of aromatic nitrogens is 2. The Hall–Kier alpha value is -0.790. The lowest BCUT2D eigenvalue weighted by molar-refractivity contribution is 0.495. The van der Waals surface area contributed by atoms with Crippen molar-refractivity contribution in [2.24, 2.45) is 5.92 Å². The van der Waals surface area contributed by atoms with Crippen molar-refractivity contribution in [3.8, 4) is 0 Å². The smallest absolute Gasteiger partial charge is 0.0522 e. The van der Waals surface area contributed by atoms with E-state index in [1.165, 1.54) is 30.5 Å². The van der Waals surface area contributed by atoms with E-state index in [0.717, 1.165) is 5.92 Å². The van der Waals surface area contributed by atoms with Gasteiger partial charge in [0.2, 0.25) is 0 Å². The van der Waals surface area contributed by atoms with Crippen LogP contribution in [0.15, 0.2) is 6.20 Å². The zero-order valence-corrected chi connectivity index (χ0v) is 8.22. The summed E-state index contributed by atoms with van der Waals surface area (Å²) in [6.07, 6.45) is 5.69. The van der Waals surface area contributed by atoms with Crippen molar-refractivity contribution in [2.45, 2.75) is 40.0 Å². The Morgan fingerprint density at radius 1 is 1.50 bits per heavy atom. The number of nitrogens with one attached hydrogen (secondary N) is 1. The Bertz CT molecular complexity index is 227. The van der Waals surface area contributed by atoms with E-state index in [1.807, 2.05) is 20.0 Å². The average molecular weight is 166 g/mol. The number of hydrogen-bond donors (Lipinski definition) is 1. The Labute approximate surface area is 74.4 Å². The second kappa shape index (κ2) is 4.29. The van der Waals surface area contributed by atoms with Gasteiger partial charge in [0.1, 0.15) is 0 Å². The summed E-state index contributed by atoms with van der Waals surface area (Å²) in [5.41, 5.74) is 2.79. The molecule has 1 aromatic heterocycles. The summed E-state index contributed by atoms with van der Waals surface area (Å²) in [7, 11) is 0. The summed E-state index contributed by atoms with van der Waals surface area (Å²) in [6, 6.07) is 0. The number of rotatable bonds is 0. The fourth-order valence-electron chi connectivity index (χ4n) is 1.58. The van der Waals surface area contributed by atoms with Crippen LogP contribution in [-0.4, -0.2) is 10.2 Å². The van der Waals surface area contributed by atoms with Crippen LogP contribution >= 0.6 is 0 Å². The van der Waals surface area contributed by atoms with Gasteiger partial charge in [0.05, 0.1) is 6.20 Å². The molecule has 1 unspecified atom stereocenters. The van der Waals surface area contributed by atoms with Gasteiger partial charge in [0, 0.05) is 5.69 Å². The van der Waals surface area contributed by atoms with Crippen molar-refractivity contribution in [1.82, 2.24) is 10.2 Å². The fourth-order valence-corrected chi connectivity index (χ4v) is 1.58. The average Bonchev–Trinajstić information content (AvgIpc) is 2.54. The zero-order valence-electron chi connectivity index (χ0n) is 8.22. The zero-order chi connectivity index (χ0) is 8.97. The normalized spacial score (nSPS) is 20.8. The largest absolute Gasteiger partial charge is 0.282 e. The van der Waals surface area contributed by atoms with Gasteiger partial charge >= 0.3 is 0 Å². The van der Waals surface area contributed by atoms with Gasteiger partial charge < -0.3 is 0 Å². The maximum atomic E-state index is 4.01. The van der Waals surface area contributed by atoms with Crippen molar-refractivity contribution in [3.63, 3.8) is 0 Å². The Morgan fingerprint density at radius 3 is 3.00 bits per heavy atom. The Balaban J connectivity index is 0.000000336. The molecule has 0 spiro atoms. The van der Waals surface area contributed by atoms with Crippen LogP contribution in [-0.2, 0) is 12.8 Å². The molecule has 2 nitrogen and oxygen atoms in total. The van der Waals surface area contributed by atoms with Gasteiger partial charge in [-0.15, -0.1) is 0 Å². The predicted molar refractivity (Wildman–Crippen MR) is 51.1 cm³/mol. The van der Waals surface area contributed by atoms with Crippen molar-refractivity contribution < 1.29 is 0 Å². The molecule has 1 aliphatic rings. The van der Waals surface area contributed by atoms with Crippen LogP contribution in [0.3, 0.4) is 0 Å². The van der Waals surface area contributed by atoms with Crippen molar-refractivity contribution >= 4 is 0 Å². The highest BCUT2D eigenvalue weighted by Gasteiger charge is 2.15. The van der Waals surface area contributed by atoms with E-state index in [2.05, 4.69) is 17.1 Å². The highest BCUT2D eigenvalue weighted by atomic mass is 15.1. The van der Waals surface area contributed by atoms with Crippen LogP contribution in [0.1, 0.15) is 38.4 Å². The van der Waals surface area contributed by atoms with E-state index >= 15 is 0 Å². The van der Waals surface area contributed by atoms with E-state index in [1.54, 1.807) is 0 Å². The second-order valence-electron chi connectivity index (χ2n) is 3.22. The standard InChI is InChI=1S/C8H12N2.C2H6/c1-6-2-3-7-5-9-10-8(7)4-6;1-2/h5-6H,2-4H2,1H3,(H,9,10);1-2H3. The number of hydrogen-bond acceptors (Lipinski definition) is 1. The summed E-state index contributed by atoms with van der Waals surface area (Å²) in [4.78, 5) is 0. The molecule has 0 saturated carbocycles. The lowest BCUT2D eigenvalue weighted by Crippen LogP contribution is -2.09. The minimum atomic E-state index is 0.841. The van der Waals surface area contributed by atoms with Crippen molar-refractivity contribution in [3.05, 3.63) is 17.5 Å². The molecule has 2 heteroatoms. The van der Waals surface area contributed by atoms with Crippen LogP contribution in [0.2, 0.25) is 0 Å². The van der Waals surface area contributed by atoms with Gasteiger partial charge in [0.25, 0.3) is 0 Å². The lowest BCUT2D eigenvalue weighted by Gasteiger charge is -2.16. The summed E-state index contributed by atoms with van der Waals surface area (Å²) in [5, 5.41) is 7.05. The van der Waals surface area contributed by atoms with Crippen molar-refractivity contribution in [2.75, 3.05) is 0 Å². The van der Waals surface area contributed by atoms with E-state index < -0.39 is 0 Å². The number of fused-ring (bicyclic) bond motifs is 1. The van der Waals surface area contributed by atoms with Crippen molar-refractivity contribution in [1.29, 1.82) is 0 Å². The third kappa shape index (κ3) is 1.87. The minimum Gasteiger partial charge on any atom is -0.282 e. The highest BCUT2D eigenvalue weighted by molar-refractivity contribution is 5.19. The van der Waals surface area contributed by atoms with E-state index in [0.29, 0.717) is 0 Å². The van der Waals surface area contributed by atoms with E-state index in [4.69, 9.17) is 0 Å². The SMILES string of the molecule is CC.CC1CCc2cn[nH]c2C1. The Morgan fingerprint density at radius 2 is 2.25 bits per heavy atom. The van der Waals surface area contributed by atoms with Gasteiger partial charge in [0.15, 0.2) is 0 Å². The number of H-pyrrole nitrogens is 1. The molecule has 0 bridgehead atoms. The molecule has 0 aliphatic heterocycles. The molecular formula is C10H18N2. The second-order valence-corrected chi connectivity index (χ2v) is 3.22. The molecule has 0 radical (unpaired) electrons. The molecule has 2 rings (SSSR count). The fraction of sp³-hybridized carbons (Fsp3) is 0.700. The van der Waals surface area contributed by atoms with Crippen LogP contribution in [0.25, 0.3) is 0 Å². The number of nitrogens with zero attached hydrogens (tertiary/aromatic N) is 1. The van der Waals surface area contributed by atoms with Crippen LogP contribution in [0.4, 0.5) is 0 Å². The molecule has 0 amide bonds. The van der Waals surface area contributed by atoms with E-state index in [9.17, 15) is 0 Å². The van der Waals surface area contributed by atoms with E-state index in [-0.39, 0.29) is 0 Å². The summed E-state index contributed by atoms with van der Waals surface area (Å²) in [5.74, 6) is 0.841. The third-order valence-corrected chi connectivity index (χ3v) is 2.27. The first-order valence-electron chi connectivity index (χ1n) is 4.87. The molecule has 0 saturated heterocycles. The topological polar surface area (TPSA) is 28.7 Å². The summed E-state index contributed by atoms with van der Waals surface area (Å²) in [6.45, 7) is 6.30. The Kier molecular flexibility index (Phi) is 3.32. The van der Waals surface area contributed by atoms with Gasteiger partial charge in [-0.25, -0.2) is 0 Å². The molecule has 12 heavy (non-hydrogen) atoms. The molecule has 1 aliphatic carbocycles. The third-order valence-electron chi connectivity index (χ3n) is 2.27. The first-order chi connectivity index (χ1) is 5.86. The maximum Gasteiger partial charge on any atom is 0.0522 e. The lowest BCUT2D eigenvalue weighted by atomic mass is 9.90. The molecule has 1 heterocycles. The van der Waals surface area contributed by atoms with Gasteiger partial charge in [-0.2, -0.15) is 5.10 Å². The summed E-state index contributed by atoms with van der Waals surface area (Å²) < 4.78 is 0. The minimum absolute atomic E-state index is 0.841. The molecular weight excluding hydrogens is 148 g/mol. The molecule has 0 aromatic carbocycles. The number of aromatic amines is 1. The van der Waals surface area contributed by atoms with Gasteiger partial charge in [-0.05, 0) is 30.7 Å². The number of aryl methyl sites for hydroxylation is 1. The molecule has 0 fully saturated rings. The summed E-state index contributed by atoms with van der Waals surface area (Å²) >= 11 is 0. The first-order valence-corrected chi connectivity index (χ1v) is 4.87. The molecule has 68 valence electrons.